The number of aromatic nitrogens is 2. The lowest BCUT2D eigenvalue weighted by atomic mass is 9.92. The highest BCUT2D eigenvalue weighted by Gasteiger charge is 2.34. The van der Waals surface area contributed by atoms with Gasteiger partial charge in [0.05, 0.1) is 12.2 Å². The van der Waals surface area contributed by atoms with Crippen LogP contribution < -0.4 is 4.74 Å². The maximum atomic E-state index is 12.3. The minimum Gasteiger partial charge on any atom is -0.493 e. The average Bonchev–Trinajstić information content (AvgIpc) is 3.08. The van der Waals surface area contributed by atoms with Crippen molar-refractivity contribution in [3.8, 4) is 27.3 Å². The van der Waals surface area contributed by atoms with Crippen molar-refractivity contribution in [1.29, 1.82) is 0 Å². The molecule has 1 N–H and O–H groups in total. The highest BCUT2D eigenvalue weighted by molar-refractivity contribution is 7.16. The number of fused-ring (bicyclic) bond motifs is 1. The van der Waals surface area contributed by atoms with Gasteiger partial charge in [0.25, 0.3) is 0 Å². The van der Waals surface area contributed by atoms with Crippen molar-refractivity contribution >= 4 is 17.3 Å². The quantitative estimate of drug-likeness (QED) is 0.571. The number of carboxylic acid groups (broad SMARTS) is 1. The van der Waals surface area contributed by atoms with E-state index in [1.165, 1.54) is 6.33 Å². The summed E-state index contributed by atoms with van der Waals surface area (Å²) in [6.45, 7) is 8.27. The van der Waals surface area contributed by atoms with Gasteiger partial charge in [-0.1, -0.05) is 6.07 Å². The predicted molar refractivity (Wildman–Crippen MR) is 121 cm³/mol. The zero-order valence-electron chi connectivity index (χ0n) is 18.1. The fourth-order valence-electron chi connectivity index (χ4n) is 3.88. The van der Waals surface area contributed by atoms with E-state index in [1.54, 1.807) is 23.7 Å². The van der Waals surface area contributed by atoms with Crippen LogP contribution in [0, 0.1) is 6.92 Å². The number of carboxylic acids is 1. The molecular weight excluding hydrogens is 412 g/mol. The summed E-state index contributed by atoms with van der Waals surface area (Å²) < 4.78 is 11.8. The monoisotopic (exact) mass is 438 g/mol. The second kappa shape index (κ2) is 8.40. The molecule has 0 saturated carbocycles. The summed E-state index contributed by atoms with van der Waals surface area (Å²) in [4.78, 5) is 22.5. The van der Waals surface area contributed by atoms with E-state index in [-0.39, 0.29) is 0 Å². The number of ether oxygens (including phenoxy) is 2. The van der Waals surface area contributed by atoms with Gasteiger partial charge in [-0.2, -0.15) is 0 Å². The van der Waals surface area contributed by atoms with E-state index < -0.39 is 17.7 Å². The first-order valence-electron chi connectivity index (χ1n) is 10.3. The van der Waals surface area contributed by atoms with Gasteiger partial charge < -0.3 is 14.6 Å². The minimum absolute atomic E-state index is 0.617. The molecule has 3 heterocycles. The number of aryl methyl sites for hydroxylation is 2. The molecule has 1 aliphatic heterocycles. The van der Waals surface area contributed by atoms with Crippen molar-refractivity contribution in [2.45, 2.75) is 52.2 Å². The molecule has 1 unspecified atom stereocenters. The Morgan fingerprint density at radius 3 is 2.65 bits per heavy atom. The first kappa shape index (κ1) is 21.5. The smallest absolute Gasteiger partial charge is 0.337 e. The standard InChI is InChI=1S/C24H26N2O4S/c1-14-19(21(23(27)28)30-24(2,3)4)20(22(31-14)17-11-25-13-26-12-17)16-7-8-18-15(10-16)6-5-9-29-18/h7-8,10-13,21H,5-6,9H2,1-4H3,(H,27,28). The maximum absolute atomic E-state index is 12.3. The number of hydrogen-bond acceptors (Lipinski definition) is 6. The molecule has 1 atom stereocenters. The van der Waals surface area contributed by atoms with Gasteiger partial charge in [0.1, 0.15) is 12.1 Å². The first-order chi connectivity index (χ1) is 14.7. The van der Waals surface area contributed by atoms with Gasteiger partial charge in [-0.05, 0) is 63.8 Å². The van der Waals surface area contributed by atoms with Gasteiger partial charge in [0, 0.05) is 38.8 Å². The van der Waals surface area contributed by atoms with E-state index in [1.807, 2.05) is 39.8 Å². The number of nitrogens with zero attached hydrogens (tertiary/aromatic N) is 2. The molecule has 7 heteroatoms. The molecular formula is C24H26N2O4S. The average molecular weight is 439 g/mol. The molecule has 0 amide bonds. The van der Waals surface area contributed by atoms with E-state index in [4.69, 9.17) is 9.47 Å². The summed E-state index contributed by atoms with van der Waals surface area (Å²) in [5.74, 6) is -0.108. The Morgan fingerprint density at radius 1 is 1.23 bits per heavy atom. The molecule has 4 rings (SSSR count). The van der Waals surface area contributed by atoms with Crippen molar-refractivity contribution in [1.82, 2.24) is 9.97 Å². The Balaban J connectivity index is 1.95. The van der Waals surface area contributed by atoms with Gasteiger partial charge in [0.2, 0.25) is 0 Å². The van der Waals surface area contributed by atoms with E-state index >= 15 is 0 Å². The SMILES string of the molecule is Cc1sc(-c2cncnc2)c(-c2ccc3c(c2)CCCO3)c1C(OC(C)(C)C)C(=O)O. The van der Waals surface area contributed by atoms with Crippen LogP contribution in [0.5, 0.6) is 5.75 Å². The van der Waals surface area contributed by atoms with Gasteiger partial charge >= 0.3 is 5.97 Å². The zero-order chi connectivity index (χ0) is 22.2. The molecule has 2 aromatic heterocycles. The van der Waals surface area contributed by atoms with Crippen LogP contribution in [0.25, 0.3) is 21.6 Å². The van der Waals surface area contributed by atoms with Crippen LogP contribution >= 0.6 is 11.3 Å². The highest BCUT2D eigenvalue weighted by atomic mass is 32.1. The summed E-state index contributed by atoms with van der Waals surface area (Å²) in [6, 6.07) is 6.09. The van der Waals surface area contributed by atoms with Gasteiger partial charge in [-0.25, -0.2) is 14.8 Å². The number of thiophene rings is 1. The lowest BCUT2D eigenvalue weighted by Crippen LogP contribution is -2.27. The number of aliphatic carboxylic acids is 1. The molecule has 0 bridgehead atoms. The molecule has 162 valence electrons. The van der Waals surface area contributed by atoms with E-state index in [9.17, 15) is 9.90 Å². The normalized spacial score (nSPS) is 14.6. The zero-order valence-corrected chi connectivity index (χ0v) is 19.0. The van der Waals surface area contributed by atoms with Crippen LogP contribution in [0.4, 0.5) is 0 Å². The second-order valence-corrected chi connectivity index (χ2v) is 9.85. The molecule has 0 radical (unpaired) electrons. The van der Waals surface area contributed by atoms with Crippen LogP contribution in [0.15, 0.2) is 36.9 Å². The lowest BCUT2D eigenvalue weighted by Gasteiger charge is -2.26. The third-order valence-corrected chi connectivity index (χ3v) is 6.28. The summed E-state index contributed by atoms with van der Waals surface area (Å²) in [7, 11) is 0. The lowest BCUT2D eigenvalue weighted by molar-refractivity contribution is -0.160. The van der Waals surface area contributed by atoms with Crippen LogP contribution in [-0.2, 0) is 16.0 Å². The predicted octanol–water partition coefficient (Wildman–Crippen LogP) is 5.45. The summed E-state index contributed by atoms with van der Waals surface area (Å²) in [5.41, 5.74) is 3.87. The van der Waals surface area contributed by atoms with Crippen molar-refractivity contribution in [2.75, 3.05) is 6.61 Å². The fraction of sp³-hybridized carbons (Fsp3) is 0.375. The van der Waals surface area contributed by atoms with Crippen molar-refractivity contribution < 1.29 is 19.4 Å². The highest BCUT2D eigenvalue weighted by Crippen LogP contribution is 2.47. The molecule has 0 saturated heterocycles. The Hall–Kier alpha value is -2.77. The van der Waals surface area contributed by atoms with Crippen LogP contribution in [0.3, 0.4) is 0 Å². The Kier molecular flexibility index (Phi) is 5.81. The van der Waals surface area contributed by atoms with E-state index in [0.717, 1.165) is 57.2 Å². The van der Waals surface area contributed by atoms with E-state index in [2.05, 4.69) is 16.0 Å². The third kappa shape index (κ3) is 4.48. The van der Waals surface area contributed by atoms with Crippen LogP contribution in [0.1, 0.15) is 49.3 Å². The largest absolute Gasteiger partial charge is 0.493 e. The Labute approximate surface area is 185 Å². The van der Waals surface area contributed by atoms with Crippen LogP contribution in [0.2, 0.25) is 0 Å². The fourth-order valence-corrected chi connectivity index (χ4v) is 5.06. The Morgan fingerprint density at radius 2 is 1.97 bits per heavy atom. The van der Waals surface area contributed by atoms with Crippen molar-refractivity contribution in [3.63, 3.8) is 0 Å². The molecule has 0 spiro atoms. The third-order valence-electron chi connectivity index (χ3n) is 5.11. The van der Waals surface area contributed by atoms with Crippen molar-refractivity contribution in [2.24, 2.45) is 0 Å². The summed E-state index contributed by atoms with van der Waals surface area (Å²) in [5, 5.41) is 10.1. The molecule has 0 aliphatic carbocycles. The van der Waals surface area contributed by atoms with E-state index in [0.29, 0.717) is 5.56 Å². The number of carbonyl (C=O) groups is 1. The minimum atomic E-state index is -1.09. The van der Waals surface area contributed by atoms with Gasteiger partial charge in [-0.15, -0.1) is 11.3 Å². The molecule has 0 fully saturated rings. The topological polar surface area (TPSA) is 81.5 Å². The molecule has 1 aromatic carbocycles. The second-order valence-electron chi connectivity index (χ2n) is 8.63. The molecule has 3 aromatic rings. The molecule has 1 aliphatic rings. The summed E-state index contributed by atoms with van der Waals surface area (Å²) >= 11 is 1.54. The number of benzene rings is 1. The van der Waals surface area contributed by atoms with Crippen LogP contribution in [-0.4, -0.2) is 33.3 Å². The molecule has 31 heavy (non-hydrogen) atoms. The van der Waals surface area contributed by atoms with Crippen molar-refractivity contribution in [3.05, 3.63) is 52.9 Å². The van der Waals surface area contributed by atoms with Gasteiger partial charge in [-0.3, -0.25) is 0 Å². The first-order valence-corrected chi connectivity index (χ1v) is 11.1. The number of rotatable bonds is 5. The summed E-state index contributed by atoms with van der Waals surface area (Å²) in [6.07, 6.45) is 5.82. The number of hydrogen-bond donors (Lipinski definition) is 1. The van der Waals surface area contributed by atoms with Gasteiger partial charge in [0.15, 0.2) is 6.10 Å². The maximum Gasteiger partial charge on any atom is 0.337 e. The Bertz CT molecular complexity index is 1100. The molecule has 6 nitrogen and oxygen atoms in total.